The van der Waals surface area contributed by atoms with Crippen molar-refractivity contribution in [3.63, 3.8) is 0 Å². The van der Waals surface area contributed by atoms with Gasteiger partial charge in [-0.15, -0.1) is 10.2 Å². The molecule has 1 saturated carbocycles. The maximum atomic E-state index is 12.3. The number of amides is 1. The lowest BCUT2D eigenvalue weighted by Crippen LogP contribution is -2.41. The Hall–Kier alpha value is -2.02. The van der Waals surface area contributed by atoms with Gasteiger partial charge in [-0.2, -0.15) is 0 Å². The van der Waals surface area contributed by atoms with Crippen LogP contribution in [0, 0.1) is 5.92 Å². The van der Waals surface area contributed by atoms with E-state index in [1.165, 1.54) is 31.0 Å². The van der Waals surface area contributed by atoms with E-state index >= 15 is 0 Å². The summed E-state index contributed by atoms with van der Waals surface area (Å²) >= 11 is 1.39. The van der Waals surface area contributed by atoms with Crippen LogP contribution >= 0.6 is 11.8 Å². The molecule has 1 aromatic carbocycles. The van der Waals surface area contributed by atoms with Crippen molar-refractivity contribution in [2.75, 3.05) is 12.9 Å². The van der Waals surface area contributed by atoms with Gasteiger partial charge in [-0.1, -0.05) is 43.7 Å². The number of nitrogens with zero attached hydrogens (tertiary/aromatic N) is 3. The smallest absolute Gasteiger partial charge is 0.230 e. The minimum Gasteiger partial charge on any atom is -0.495 e. The third kappa shape index (κ3) is 4.34. The molecule has 6 nitrogen and oxygen atoms in total. The predicted molar refractivity (Wildman–Crippen MR) is 98.2 cm³/mol. The maximum Gasteiger partial charge on any atom is 0.230 e. The number of rotatable bonds is 6. The molecule has 0 unspecified atom stereocenters. The van der Waals surface area contributed by atoms with Gasteiger partial charge in [-0.25, -0.2) is 0 Å². The van der Waals surface area contributed by atoms with Crippen molar-refractivity contribution in [1.82, 2.24) is 20.1 Å². The molecule has 1 amide bonds. The first-order chi connectivity index (χ1) is 12.2. The van der Waals surface area contributed by atoms with Crippen molar-refractivity contribution >= 4 is 17.7 Å². The van der Waals surface area contributed by atoms with Crippen LogP contribution in [0.15, 0.2) is 35.7 Å². The third-order valence-electron chi connectivity index (χ3n) is 4.65. The lowest BCUT2D eigenvalue weighted by atomic mass is 9.86. The van der Waals surface area contributed by atoms with Crippen molar-refractivity contribution < 1.29 is 9.53 Å². The number of hydrogen-bond donors (Lipinski definition) is 1. The lowest BCUT2D eigenvalue weighted by Gasteiger charge is -2.29. The molecular weight excluding hydrogens is 336 g/mol. The topological polar surface area (TPSA) is 69.0 Å². The summed E-state index contributed by atoms with van der Waals surface area (Å²) in [4.78, 5) is 12.3. The summed E-state index contributed by atoms with van der Waals surface area (Å²) in [5, 5.41) is 12.0. The van der Waals surface area contributed by atoms with Crippen LogP contribution in [0.1, 0.15) is 32.6 Å². The molecule has 3 rings (SSSR count). The van der Waals surface area contributed by atoms with Crippen LogP contribution in [0.4, 0.5) is 0 Å². The molecule has 2 aromatic rings. The van der Waals surface area contributed by atoms with Crippen LogP contribution in [0.5, 0.6) is 5.75 Å². The molecule has 1 heterocycles. The Labute approximate surface area is 152 Å². The van der Waals surface area contributed by atoms with Gasteiger partial charge in [0.2, 0.25) is 5.91 Å². The first kappa shape index (κ1) is 17.8. The average Bonchev–Trinajstić information content (AvgIpc) is 3.10. The van der Waals surface area contributed by atoms with Crippen molar-refractivity contribution in [2.24, 2.45) is 5.92 Å². The molecule has 0 bridgehead atoms. The molecule has 25 heavy (non-hydrogen) atoms. The second-order valence-corrected chi connectivity index (χ2v) is 7.32. The quantitative estimate of drug-likeness (QED) is 0.802. The Morgan fingerprint density at radius 1 is 1.36 bits per heavy atom. The molecule has 0 radical (unpaired) electrons. The molecule has 1 aliphatic rings. The van der Waals surface area contributed by atoms with Crippen LogP contribution in [0.3, 0.4) is 0 Å². The van der Waals surface area contributed by atoms with Gasteiger partial charge in [0.05, 0.1) is 18.6 Å². The highest BCUT2D eigenvalue weighted by molar-refractivity contribution is 7.99. The van der Waals surface area contributed by atoms with Crippen molar-refractivity contribution in [1.29, 1.82) is 0 Å². The highest BCUT2D eigenvalue weighted by Gasteiger charge is 2.23. The summed E-state index contributed by atoms with van der Waals surface area (Å²) in [5.74, 6) is 1.68. The molecule has 1 aliphatic carbocycles. The van der Waals surface area contributed by atoms with E-state index in [0.29, 0.717) is 22.9 Å². The van der Waals surface area contributed by atoms with E-state index < -0.39 is 0 Å². The SMILES string of the molecule is COc1ccccc1-n1cnnc1SCC(=O)N[C@H]1CCCC[C@H]1C. The Kier molecular flexibility index (Phi) is 5.96. The van der Waals surface area contributed by atoms with E-state index in [4.69, 9.17) is 4.74 Å². The van der Waals surface area contributed by atoms with Crippen LogP contribution < -0.4 is 10.1 Å². The molecule has 0 spiro atoms. The number of nitrogens with one attached hydrogen (secondary N) is 1. The average molecular weight is 360 g/mol. The summed E-state index contributed by atoms with van der Waals surface area (Å²) in [7, 11) is 1.63. The minimum absolute atomic E-state index is 0.0540. The number of ether oxygens (including phenoxy) is 1. The number of aromatic nitrogens is 3. The molecule has 1 N–H and O–H groups in total. The second-order valence-electron chi connectivity index (χ2n) is 6.38. The third-order valence-corrected chi connectivity index (χ3v) is 5.59. The molecule has 134 valence electrons. The van der Waals surface area contributed by atoms with Gasteiger partial charge in [0.25, 0.3) is 0 Å². The number of para-hydroxylation sites is 2. The van der Waals surface area contributed by atoms with Gasteiger partial charge >= 0.3 is 0 Å². The van der Waals surface area contributed by atoms with Crippen molar-refractivity contribution in [3.05, 3.63) is 30.6 Å². The fourth-order valence-electron chi connectivity index (χ4n) is 3.23. The van der Waals surface area contributed by atoms with E-state index in [-0.39, 0.29) is 5.91 Å². The summed E-state index contributed by atoms with van der Waals surface area (Å²) < 4.78 is 7.24. The van der Waals surface area contributed by atoms with Gasteiger partial charge in [0, 0.05) is 6.04 Å². The molecule has 1 fully saturated rings. The lowest BCUT2D eigenvalue weighted by molar-refractivity contribution is -0.119. The van der Waals surface area contributed by atoms with E-state index in [9.17, 15) is 4.79 Å². The Morgan fingerprint density at radius 2 is 2.16 bits per heavy atom. The number of benzene rings is 1. The van der Waals surface area contributed by atoms with Crippen LogP contribution in [0.25, 0.3) is 5.69 Å². The number of carbonyl (C=O) groups excluding carboxylic acids is 1. The Morgan fingerprint density at radius 3 is 2.96 bits per heavy atom. The molecule has 2 atom stereocenters. The normalized spacial score (nSPS) is 20.2. The molecular formula is C18H24N4O2S. The van der Waals surface area contributed by atoms with Crippen LogP contribution in [-0.2, 0) is 4.79 Å². The largest absolute Gasteiger partial charge is 0.495 e. The number of methoxy groups -OCH3 is 1. The fourth-order valence-corrected chi connectivity index (χ4v) is 3.96. The van der Waals surface area contributed by atoms with Crippen LogP contribution in [-0.4, -0.2) is 39.6 Å². The van der Waals surface area contributed by atoms with Gasteiger partial charge < -0.3 is 10.1 Å². The minimum atomic E-state index is 0.0540. The Balaban J connectivity index is 1.63. The van der Waals surface area contributed by atoms with Gasteiger partial charge in [0.1, 0.15) is 12.1 Å². The molecule has 7 heteroatoms. The highest BCUT2D eigenvalue weighted by atomic mass is 32.2. The molecule has 0 saturated heterocycles. The zero-order valence-electron chi connectivity index (χ0n) is 14.6. The van der Waals surface area contributed by atoms with Gasteiger partial charge in [-0.05, 0) is 30.9 Å². The first-order valence-electron chi connectivity index (χ1n) is 8.64. The number of hydrogen-bond acceptors (Lipinski definition) is 5. The Bertz CT molecular complexity index is 719. The monoisotopic (exact) mass is 360 g/mol. The summed E-state index contributed by atoms with van der Waals surface area (Å²) in [6, 6.07) is 7.98. The van der Waals surface area contributed by atoms with Gasteiger partial charge in [-0.3, -0.25) is 9.36 Å². The maximum absolute atomic E-state index is 12.3. The molecule has 0 aliphatic heterocycles. The number of thioether (sulfide) groups is 1. The first-order valence-corrected chi connectivity index (χ1v) is 9.63. The zero-order chi connectivity index (χ0) is 17.6. The standard InChI is InChI=1S/C18H24N4O2S/c1-13-7-3-4-8-14(13)20-17(23)11-25-18-21-19-12-22(18)15-9-5-6-10-16(15)24-2/h5-6,9-10,12-14H,3-4,7-8,11H2,1-2H3,(H,20,23)/t13-,14+/m1/s1. The van der Waals surface area contributed by atoms with E-state index in [1.54, 1.807) is 13.4 Å². The van der Waals surface area contributed by atoms with Gasteiger partial charge in [0.15, 0.2) is 5.16 Å². The summed E-state index contributed by atoms with van der Waals surface area (Å²) in [6.07, 6.45) is 6.38. The van der Waals surface area contributed by atoms with E-state index in [2.05, 4.69) is 22.4 Å². The number of carbonyl (C=O) groups is 1. The zero-order valence-corrected chi connectivity index (χ0v) is 15.5. The van der Waals surface area contributed by atoms with Crippen molar-refractivity contribution in [2.45, 2.75) is 43.8 Å². The van der Waals surface area contributed by atoms with Crippen LogP contribution in [0.2, 0.25) is 0 Å². The molecule has 1 aromatic heterocycles. The second kappa shape index (κ2) is 8.38. The van der Waals surface area contributed by atoms with E-state index in [0.717, 1.165) is 17.9 Å². The summed E-state index contributed by atoms with van der Waals surface area (Å²) in [5.41, 5.74) is 0.860. The fraction of sp³-hybridized carbons (Fsp3) is 0.500. The van der Waals surface area contributed by atoms with Crippen molar-refractivity contribution in [3.8, 4) is 11.4 Å². The van der Waals surface area contributed by atoms with E-state index in [1.807, 2.05) is 28.8 Å². The predicted octanol–water partition coefficient (Wildman–Crippen LogP) is 3.06. The highest BCUT2D eigenvalue weighted by Crippen LogP contribution is 2.27. The summed E-state index contributed by atoms with van der Waals surface area (Å²) in [6.45, 7) is 2.22.